The monoisotopic (exact) mass is 976 g/mol. The molecule has 0 aliphatic rings. The number of hydrogen-bond acceptors (Lipinski definition) is 13. The number of carbonyl (C=O) groups is 3. The van der Waals surface area contributed by atoms with E-state index in [4.69, 9.17) is 25.3 Å². The third-order valence-electron chi connectivity index (χ3n) is 7.46. The summed E-state index contributed by atoms with van der Waals surface area (Å²) < 4.78 is 46.7. The molecule has 0 saturated heterocycles. The SMILES string of the molecule is BrCc1cccnc1.COC(=O)/C=C/c1cc(N)ccc1Oc1ccc(F)cc1.COC(=O)/C=C/c1cc(NCc2cccnc2)ccc1Oc1ccc(F)cc1.O=CO[O-].[H-].[K+].[K+]. The number of hydrogen-bond donors (Lipinski definition) is 2. The van der Waals surface area contributed by atoms with Gasteiger partial charge in [0.1, 0.15) is 34.6 Å². The van der Waals surface area contributed by atoms with Crippen LogP contribution in [-0.2, 0) is 40.6 Å². The molecule has 0 bridgehead atoms. The summed E-state index contributed by atoms with van der Waals surface area (Å²) in [6, 6.07) is 29.7. The van der Waals surface area contributed by atoms with E-state index in [0.29, 0.717) is 46.4 Å². The summed E-state index contributed by atoms with van der Waals surface area (Å²) in [5.74, 6) is 0.360. The number of pyridine rings is 2. The van der Waals surface area contributed by atoms with E-state index in [2.05, 4.69) is 45.6 Å². The third kappa shape index (κ3) is 23.4. The first kappa shape index (κ1) is 56.9. The molecule has 6 rings (SSSR count). The molecular weight excluding hydrogens is 937 g/mol. The molecule has 0 spiro atoms. The van der Waals surface area contributed by atoms with E-state index in [-0.39, 0.29) is 122 Å². The molecule has 0 unspecified atom stereocenters. The van der Waals surface area contributed by atoms with Gasteiger partial charge in [-0.1, -0.05) is 28.1 Å². The average molecular weight is 978 g/mol. The predicted octanol–water partition coefficient (Wildman–Crippen LogP) is 2.73. The zero-order valence-corrected chi connectivity index (χ0v) is 42.6. The molecule has 6 aromatic rings. The number of nitrogens with two attached hydrogens (primary N) is 1. The summed E-state index contributed by atoms with van der Waals surface area (Å²) in [6.45, 7) is 0.423. The third-order valence-corrected chi connectivity index (χ3v) is 8.11. The van der Waals surface area contributed by atoms with Gasteiger partial charge in [0.05, 0.1) is 14.2 Å². The van der Waals surface area contributed by atoms with E-state index in [9.17, 15) is 18.4 Å². The molecule has 0 aliphatic carbocycles. The minimum Gasteiger partial charge on any atom is -1.00 e. The average Bonchev–Trinajstić information content (AvgIpc) is 3.30. The molecular formula is C45H41BrF2K2N4O9. The normalized spacial score (nSPS) is 9.75. The van der Waals surface area contributed by atoms with Gasteiger partial charge in [0.15, 0.2) is 0 Å². The number of rotatable bonds is 13. The van der Waals surface area contributed by atoms with Crippen LogP contribution in [0.25, 0.3) is 12.2 Å². The smallest absolute Gasteiger partial charge is 1.00 e. The standard InChI is InChI=1S/C22H19FN2O3.C16H14FNO3.C6H6BrN.CH2O3.2K.H/c1-27-22(26)11-4-17-13-19(25-15-16-3-2-12-24-14-16)7-10-21(17)28-20-8-5-18(23)6-9-20;1-20-16(19)9-2-11-10-13(18)5-8-15(11)21-14-6-3-12(17)4-7-14;7-4-6-2-1-3-8-5-6;2-1-4-3;;;/h2-14,25H,15H2,1H3;2-10H,18H2,1H3;1-3,5H,4H2;1,3H;;;/q;;;;2*+1;-1/p-1/b11-4+;9-2+;;;;;. The van der Waals surface area contributed by atoms with Gasteiger partial charge in [-0.25, -0.2) is 18.4 Å². The van der Waals surface area contributed by atoms with E-state index in [1.54, 1.807) is 55.0 Å². The van der Waals surface area contributed by atoms with Gasteiger partial charge in [-0.05, 0) is 120 Å². The number of ether oxygens (including phenoxy) is 4. The van der Waals surface area contributed by atoms with Crippen LogP contribution in [0.1, 0.15) is 23.7 Å². The number of nitrogens with one attached hydrogen (secondary N) is 1. The quantitative estimate of drug-likeness (QED) is 0.0252. The molecule has 318 valence electrons. The van der Waals surface area contributed by atoms with Crippen LogP contribution in [-0.4, -0.2) is 42.6 Å². The molecule has 13 nitrogen and oxygen atoms in total. The molecule has 0 radical (unpaired) electrons. The molecule has 0 fully saturated rings. The Balaban J connectivity index is 0.000000969. The van der Waals surface area contributed by atoms with Crippen molar-refractivity contribution in [1.82, 2.24) is 9.97 Å². The van der Waals surface area contributed by atoms with Crippen molar-refractivity contribution in [3.05, 3.63) is 180 Å². The Labute approximate surface area is 458 Å². The summed E-state index contributed by atoms with van der Waals surface area (Å²) in [4.78, 5) is 41.9. The van der Waals surface area contributed by atoms with Crippen LogP contribution in [0.4, 0.5) is 20.2 Å². The first-order valence-corrected chi connectivity index (χ1v) is 18.9. The van der Waals surface area contributed by atoms with E-state index < -0.39 is 11.9 Å². The van der Waals surface area contributed by atoms with Crippen LogP contribution < -0.4 is 129 Å². The molecule has 0 amide bonds. The second kappa shape index (κ2) is 33.4. The summed E-state index contributed by atoms with van der Waals surface area (Å²) in [6.07, 6.45) is 12.9. The van der Waals surface area contributed by atoms with Crippen molar-refractivity contribution in [2.75, 3.05) is 25.3 Å². The van der Waals surface area contributed by atoms with Crippen molar-refractivity contribution in [2.24, 2.45) is 0 Å². The van der Waals surface area contributed by atoms with Crippen LogP contribution in [0, 0.1) is 11.6 Å². The fourth-order valence-corrected chi connectivity index (χ4v) is 4.90. The number of nitrogen functional groups attached to an aromatic ring is 1. The van der Waals surface area contributed by atoms with E-state index in [0.717, 1.165) is 16.6 Å². The van der Waals surface area contributed by atoms with Gasteiger partial charge in [0.25, 0.3) is 6.47 Å². The molecule has 3 N–H and O–H groups in total. The molecule has 18 heteroatoms. The van der Waals surface area contributed by atoms with Crippen LogP contribution >= 0.6 is 15.9 Å². The molecule has 0 atom stereocenters. The van der Waals surface area contributed by atoms with E-state index in [1.807, 2.05) is 42.6 Å². The first-order chi connectivity index (χ1) is 29.6. The Kier molecular flexibility index (Phi) is 30.1. The second-order valence-electron chi connectivity index (χ2n) is 11.8. The maximum atomic E-state index is 13.1. The van der Waals surface area contributed by atoms with Crippen LogP contribution in [0.2, 0.25) is 0 Å². The van der Waals surface area contributed by atoms with Gasteiger partial charge < -0.3 is 41.6 Å². The topological polar surface area (TPSA) is 184 Å². The Morgan fingerprint density at radius 2 is 1.19 bits per heavy atom. The largest absolute Gasteiger partial charge is 1.00 e. The summed E-state index contributed by atoms with van der Waals surface area (Å²) in [5, 5.41) is 12.6. The number of benzene rings is 4. The fourth-order valence-electron chi connectivity index (χ4n) is 4.57. The minimum atomic E-state index is -0.481. The van der Waals surface area contributed by atoms with Gasteiger partial charge in [-0.15, -0.1) is 0 Å². The minimum absolute atomic E-state index is 0. The fraction of sp³-hybridized carbons (Fsp3) is 0.0889. The molecule has 4 aromatic carbocycles. The van der Waals surface area contributed by atoms with Crippen molar-refractivity contribution in [2.45, 2.75) is 11.9 Å². The van der Waals surface area contributed by atoms with Gasteiger partial charge in [-0.2, -0.15) is 0 Å². The number of carbonyl (C=O) groups excluding carboxylic acids is 3. The molecule has 0 aliphatic heterocycles. The maximum Gasteiger partial charge on any atom is 1.00 e. The predicted molar refractivity (Wildman–Crippen MR) is 229 cm³/mol. The number of anilines is 2. The van der Waals surface area contributed by atoms with Gasteiger partial charge in [0.2, 0.25) is 0 Å². The summed E-state index contributed by atoms with van der Waals surface area (Å²) >= 11 is 3.32. The van der Waals surface area contributed by atoms with Crippen molar-refractivity contribution >= 4 is 57.9 Å². The maximum absolute atomic E-state index is 13.1. The Hall–Kier alpha value is -4.16. The molecule has 0 saturated carbocycles. The van der Waals surface area contributed by atoms with Gasteiger partial charge in [0, 0.05) is 71.3 Å². The number of methoxy groups -OCH3 is 2. The van der Waals surface area contributed by atoms with Crippen LogP contribution in [0.5, 0.6) is 23.0 Å². The van der Waals surface area contributed by atoms with Crippen LogP contribution in [0.3, 0.4) is 0 Å². The number of aromatic nitrogens is 2. The molecule has 2 aromatic heterocycles. The number of alkyl halides is 1. The number of esters is 2. The van der Waals surface area contributed by atoms with Crippen molar-refractivity contribution in [3.63, 3.8) is 0 Å². The van der Waals surface area contributed by atoms with Crippen molar-refractivity contribution < 1.29 is 156 Å². The van der Waals surface area contributed by atoms with Crippen LogP contribution in [0.15, 0.2) is 146 Å². The van der Waals surface area contributed by atoms with E-state index in [1.165, 1.54) is 80.5 Å². The van der Waals surface area contributed by atoms with Crippen molar-refractivity contribution in [3.8, 4) is 23.0 Å². The zero-order valence-electron chi connectivity index (χ0n) is 35.8. The second-order valence-corrected chi connectivity index (χ2v) is 12.3. The summed E-state index contributed by atoms with van der Waals surface area (Å²) in [7, 11) is 2.61. The van der Waals surface area contributed by atoms with E-state index >= 15 is 0 Å². The van der Waals surface area contributed by atoms with Gasteiger partial charge in [-0.3, -0.25) is 14.8 Å². The molecule has 2 heterocycles. The Morgan fingerprint density at radius 1 is 0.730 bits per heavy atom. The number of halogens is 3. The summed E-state index contributed by atoms with van der Waals surface area (Å²) in [5.41, 5.74) is 10.7. The first-order valence-electron chi connectivity index (χ1n) is 17.8. The molecule has 63 heavy (non-hydrogen) atoms. The van der Waals surface area contributed by atoms with Gasteiger partial charge >= 0.3 is 115 Å². The van der Waals surface area contributed by atoms with Crippen molar-refractivity contribution in [1.29, 1.82) is 0 Å². The Bertz CT molecular complexity index is 2320. The zero-order chi connectivity index (χ0) is 44.2. The Morgan fingerprint density at radius 3 is 1.60 bits per heavy atom. The number of nitrogens with zero attached hydrogens (tertiary/aromatic N) is 2.